The molecule has 0 radical (unpaired) electrons. The summed E-state index contributed by atoms with van der Waals surface area (Å²) in [4.78, 5) is 41.3. The summed E-state index contributed by atoms with van der Waals surface area (Å²) in [6, 6.07) is 12.9. The lowest BCUT2D eigenvalue weighted by molar-refractivity contribution is -0.141. The number of carbonyl (C=O) groups excluding carboxylic acids is 3. The minimum Gasteiger partial charge on any atom is -0.384 e. The van der Waals surface area contributed by atoms with E-state index in [0.717, 1.165) is 29.5 Å². The lowest BCUT2D eigenvalue weighted by Gasteiger charge is -2.31. The Morgan fingerprint density at radius 2 is 1.64 bits per heavy atom. The van der Waals surface area contributed by atoms with Gasteiger partial charge in [-0.05, 0) is 42.4 Å². The number of benzene rings is 2. The molecule has 1 fully saturated rings. The third-order valence-electron chi connectivity index (χ3n) is 7.09. The number of hydrogen-bond donors (Lipinski definition) is 5. The maximum atomic E-state index is 13.4. The van der Waals surface area contributed by atoms with Crippen molar-refractivity contribution >= 4 is 23.6 Å². The maximum Gasteiger partial charge on any atom is 0.243 e. The molecule has 9 nitrogen and oxygen atoms in total. The molecule has 2 aromatic rings. The molecule has 2 aromatic carbocycles. The number of carbonyl (C=O) groups is 3. The van der Waals surface area contributed by atoms with Crippen molar-refractivity contribution in [2.24, 2.45) is 11.7 Å². The van der Waals surface area contributed by atoms with Gasteiger partial charge in [-0.3, -0.25) is 19.8 Å². The highest BCUT2D eigenvalue weighted by Gasteiger charge is 2.39. The SMILES string of the molecule is C[C@@H]1C(=O)N[C@H](Cc2ccc(C(=N)N)cc2)C(=O)NCc2ccccc2CN[C@@H](C2CC2)C(=O)N1C. The Morgan fingerprint density at radius 3 is 2.25 bits per heavy atom. The Bertz CT molecular complexity index is 1140. The van der Waals surface area contributed by atoms with E-state index < -0.39 is 18.0 Å². The van der Waals surface area contributed by atoms with Gasteiger partial charge in [-0.1, -0.05) is 48.5 Å². The van der Waals surface area contributed by atoms with Crippen molar-refractivity contribution in [2.75, 3.05) is 7.05 Å². The number of nitrogens with two attached hydrogens (primary N) is 1. The second kappa shape index (κ2) is 10.9. The van der Waals surface area contributed by atoms with Gasteiger partial charge in [-0.15, -0.1) is 0 Å². The van der Waals surface area contributed by atoms with Gasteiger partial charge in [-0.2, -0.15) is 0 Å². The van der Waals surface area contributed by atoms with Crippen molar-refractivity contribution in [1.82, 2.24) is 20.9 Å². The van der Waals surface area contributed by atoms with Gasteiger partial charge >= 0.3 is 0 Å². The molecule has 2 aliphatic rings. The van der Waals surface area contributed by atoms with E-state index in [1.807, 2.05) is 24.3 Å². The summed E-state index contributed by atoms with van der Waals surface area (Å²) in [5, 5.41) is 16.8. The molecule has 1 saturated carbocycles. The maximum absolute atomic E-state index is 13.4. The predicted octanol–water partition coefficient (Wildman–Crippen LogP) is 1.04. The summed E-state index contributed by atoms with van der Waals surface area (Å²) in [7, 11) is 1.64. The van der Waals surface area contributed by atoms with Crippen LogP contribution >= 0.6 is 0 Å². The van der Waals surface area contributed by atoms with Crippen molar-refractivity contribution in [1.29, 1.82) is 5.41 Å². The molecule has 3 amide bonds. The number of fused-ring (bicyclic) bond motifs is 1. The third-order valence-corrected chi connectivity index (χ3v) is 7.09. The molecule has 1 aliphatic carbocycles. The molecular formula is C27H34N6O3. The lowest BCUT2D eigenvalue weighted by Crippen LogP contribution is -2.56. The Hall–Kier alpha value is -3.72. The number of amides is 3. The molecule has 3 atom stereocenters. The normalized spacial score (nSPS) is 23.8. The molecule has 6 N–H and O–H groups in total. The molecule has 1 aliphatic heterocycles. The van der Waals surface area contributed by atoms with E-state index >= 15 is 0 Å². The second-order valence-electron chi connectivity index (χ2n) is 9.68. The summed E-state index contributed by atoms with van der Waals surface area (Å²) in [5.74, 6) is -0.588. The highest BCUT2D eigenvalue weighted by Crippen LogP contribution is 2.34. The van der Waals surface area contributed by atoms with Crippen LogP contribution in [0.1, 0.15) is 42.0 Å². The predicted molar refractivity (Wildman–Crippen MR) is 137 cm³/mol. The molecule has 9 heteroatoms. The summed E-state index contributed by atoms with van der Waals surface area (Å²) >= 11 is 0. The zero-order chi connectivity index (χ0) is 25.8. The zero-order valence-corrected chi connectivity index (χ0v) is 20.7. The number of nitrogens with one attached hydrogen (secondary N) is 4. The van der Waals surface area contributed by atoms with Crippen LogP contribution in [0.15, 0.2) is 48.5 Å². The van der Waals surface area contributed by atoms with Crippen molar-refractivity contribution < 1.29 is 14.4 Å². The molecule has 0 saturated heterocycles. The quantitative estimate of drug-likeness (QED) is 0.322. The first-order valence-corrected chi connectivity index (χ1v) is 12.3. The van der Waals surface area contributed by atoms with Gasteiger partial charge in [0.2, 0.25) is 17.7 Å². The largest absolute Gasteiger partial charge is 0.384 e. The van der Waals surface area contributed by atoms with Gasteiger partial charge < -0.3 is 26.6 Å². The average molecular weight is 491 g/mol. The van der Waals surface area contributed by atoms with Crippen molar-refractivity contribution in [3.8, 4) is 0 Å². The Balaban J connectivity index is 1.61. The molecular weight excluding hydrogens is 456 g/mol. The number of rotatable bonds is 4. The molecule has 36 heavy (non-hydrogen) atoms. The van der Waals surface area contributed by atoms with Crippen LogP contribution in [0.2, 0.25) is 0 Å². The first-order valence-electron chi connectivity index (χ1n) is 12.3. The van der Waals surface area contributed by atoms with Gasteiger partial charge in [0.15, 0.2) is 0 Å². The fourth-order valence-electron chi connectivity index (χ4n) is 4.46. The van der Waals surface area contributed by atoms with E-state index in [-0.39, 0.29) is 36.0 Å². The van der Waals surface area contributed by atoms with Gasteiger partial charge in [0.1, 0.15) is 17.9 Å². The summed E-state index contributed by atoms with van der Waals surface area (Å²) in [6.07, 6.45) is 2.23. The van der Waals surface area contributed by atoms with Gasteiger partial charge in [0.25, 0.3) is 0 Å². The number of hydrogen-bond acceptors (Lipinski definition) is 5. The fraction of sp³-hybridized carbons (Fsp3) is 0.407. The molecule has 0 spiro atoms. The standard InChI is InChI=1S/C27H34N6O3/c1-16-25(34)32-22(13-17-7-9-19(10-8-17)24(28)29)26(35)31-15-21-6-4-3-5-20(21)14-30-23(18-11-12-18)27(36)33(16)2/h3-10,16,18,22-23,30H,11-15H2,1-2H3,(H3,28,29)(H,31,35)(H,32,34)/t16-,22-,23+/m1/s1. The summed E-state index contributed by atoms with van der Waals surface area (Å²) < 4.78 is 0. The highest BCUT2D eigenvalue weighted by atomic mass is 16.2. The van der Waals surface area contributed by atoms with Crippen molar-refractivity contribution in [3.63, 3.8) is 0 Å². The molecule has 0 bridgehead atoms. The molecule has 190 valence electrons. The number of likely N-dealkylation sites (N-methyl/N-ethyl adjacent to an activating group) is 1. The molecule has 0 unspecified atom stereocenters. The Labute approximate surface area is 211 Å². The third kappa shape index (κ3) is 5.91. The van der Waals surface area contributed by atoms with Crippen LogP contribution in [-0.2, 0) is 33.9 Å². The average Bonchev–Trinajstić information content (AvgIpc) is 3.71. The minimum atomic E-state index is -0.834. The van der Waals surface area contributed by atoms with Crippen LogP contribution in [0.4, 0.5) is 0 Å². The van der Waals surface area contributed by atoms with Gasteiger partial charge in [0.05, 0.1) is 6.04 Å². The zero-order valence-electron chi connectivity index (χ0n) is 20.7. The van der Waals surface area contributed by atoms with Crippen molar-refractivity contribution in [2.45, 2.75) is 57.4 Å². The van der Waals surface area contributed by atoms with E-state index in [2.05, 4.69) is 16.0 Å². The first kappa shape index (κ1) is 25.4. The molecule has 0 aromatic heterocycles. The molecule has 4 rings (SSSR count). The summed E-state index contributed by atoms with van der Waals surface area (Å²) in [6.45, 7) is 2.48. The van der Waals surface area contributed by atoms with Crippen LogP contribution in [-0.4, -0.2) is 53.6 Å². The smallest absolute Gasteiger partial charge is 0.243 e. The minimum absolute atomic E-state index is 0.0372. The number of nitrogens with zero attached hydrogens (tertiary/aromatic N) is 1. The first-order chi connectivity index (χ1) is 17.2. The lowest BCUT2D eigenvalue weighted by atomic mass is 10.0. The van der Waals surface area contributed by atoms with Crippen molar-refractivity contribution in [3.05, 3.63) is 70.8 Å². The van der Waals surface area contributed by atoms with Crippen LogP contribution in [0.25, 0.3) is 0 Å². The number of amidine groups is 1. The van der Waals surface area contributed by atoms with E-state index in [1.54, 1.807) is 38.2 Å². The number of nitrogen functional groups attached to an aromatic ring is 1. The van der Waals surface area contributed by atoms with Crippen LogP contribution in [0, 0.1) is 11.3 Å². The van der Waals surface area contributed by atoms with E-state index in [1.165, 1.54) is 4.90 Å². The van der Waals surface area contributed by atoms with Crippen LogP contribution in [0.3, 0.4) is 0 Å². The summed E-state index contributed by atoms with van der Waals surface area (Å²) in [5.41, 5.74) is 8.92. The van der Waals surface area contributed by atoms with Crippen LogP contribution in [0.5, 0.6) is 0 Å². The fourth-order valence-corrected chi connectivity index (χ4v) is 4.46. The second-order valence-corrected chi connectivity index (χ2v) is 9.68. The van der Waals surface area contributed by atoms with E-state index in [9.17, 15) is 14.4 Å². The Morgan fingerprint density at radius 1 is 1.00 bits per heavy atom. The van der Waals surface area contributed by atoms with Gasteiger partial charge in [-0.25, -0.2) is 0 Å². The van der Waals surface area contributed by atoms with E-state index in [4.69, 9.17) is 11.1 Å². The Kier molecular flexibility index (Phi) is 7.69. The highest BCUT2D eigenvalue weighted by molar-refractivity contribution is 5.95. The topological polar surface area (TPSA) is 140 Å². The van der Waals surface area contributed by atoms with E-state index in [0.29, 0.717) is 18.7 Å². The monoisotopic (exact) mass is 490 g/mol. The van der Waals surface area contributed by atoms with Gasteiger partial charge in [0, 0.05) is 32.1 Å². The van der Waals surface area contributed by atoms with Crippen LogP contribution < -0.4 is 21.7 Å². The molecule has 1 heterocycles.